The van der Waals surface area contributed by atoms with Crippen LogP contribution in [0.15, 0.2) is 4.99 Å². The minimum Gasteiger partial charge on any atom is -0.353 e. The second-order valence-corrected chi connectivity index (χ2v) is 6.75. The average molecular weight is 394 g/mol. The highest BCUT2D eigenvalue weighted by Gasteiger charge is 2.31. The van der Waals surface area contributed by atoms with Gasteiger partial charge in [0.2, 0.25) is 11.8 Å². The molecule has 0 aromatic heterocycles. The summed E-state index contributed by atoms with van der Waals surface area (Å²) in [6.07, 6.45) is -4.43. The van der Waals surface area contributed by atoms with Crippen molar-refractivity contribution in [2.45, 2.75) is 26.1 Å². The minimum atomic E-state index is -4.43. The summed E-state index contributed by atoms with van der Waals surface area (Å²) in [7, 11) is 2.66. The summed E-state index contributed by atoms with van der Waals surface area (Å²) in [5.41, 5.74) is 0. The molecule has 1 heterocycles. The highest BCUT2D eigenvalue weighted by molar-refractivity contribution is 5.86. The van der Waals surface area contributed by atoms with Crippen LogP contribution in [0.2, 0.25) is 0 Å². The lowest BCUT2D eigenvalue weighted by molar-refractivity contribution is -0.157. The smallest absolute Gasteiger partial charge is 0.353 e. The van der Waals surface area contributed by atoms with Gasteiger partial charge in [-0.25, -0.2) is 0 Å². The number of alkyl halides is 3. The Balaban J connectivity index is 2.42. The van der Waals surface area contributed by atoms with Crippen LogP contribution in [0.5, 0.6) is 0 Å². The first-order valence-electron chi connectivity index (χ1n) is 8.80. The van der Waals surface area contributed by atoms with E-state index >= 15 is 0 Å². The molecule has 8 nitrogen and oxygen atoms in total. The molecule has 2 N–H and O–H groups in total. The number of nitrogens with zero attached hydrogens (tertiary/aromatic N) is 4. The van der Waals surface area contributed by atoms with Gasteiger partial charge in [-0.05, 0) is 13.8 Å². The SMILES string of the molecule is CN=C(NCC(=O)N(C)CC(F)(F)F)N1CCN(CC(=O)NC(C)C)CC1. The van der Waals surface area contributed by atoms with Crippen LogP contribution in [0.4, 0.5) is 13.2 Å². The molecular weight excluding hydrogens is 365 g/mol. The zero-order valence-electron chi connectivity index (χ0n) is 16.3. The topological polar surface area (TPSA) is 80.3 Å². The number of carbonyl (C=O) groups is 2. The monoisotopic (exact) mass is 394 g/mol. The van der Waals surface area contributed by atoms with E-state index in [0.29, 0.717) is 43.6 Å². The van der Waals surface area contributed by atoms with E-state index in [2.05, 4.69) is 15.6 Å². The average Bonchev–Trinajstić information content (AvgIpc) is 2.54. The standard InChI is InChI=1S/C16H29F3N6O2/c1-12(2)22-13(26)10-24-5-7-25(8-6-24)15(20-3)21-9-14(27)23(4)11-16(17,18)19/h12H,5-11H2,1-4H3,(H,20,21)(H,22,26). The number of hydrogen-bond acceptors (Lipinski definition) is 4. The number of rotatable bonds is 6. The number of nitrogens with one attached hydrogen (secondary N) is 2. The number of amides is 2. The zero-order chi connectivity index (χ0) is 20.6. The number of piperazine rings is 1. The number of halogens is 3. The third-order valence-corrected chi connectivity index (χ3v) is 3.94. The van der Waals surface area contributed by atoms with Gasteiger partial charge in [0, 0.05) is 46.3 Å². The normalized spacial score (nSPS) is 16.4. The van der Waals surface area contributed by atoms with Gasteiger partial charge < -0.3 is 20.4 Å². The van der Waals surface area contributed by atoms with Gasteiger partial charge in [-0.3, -0.25) is 19.5 Å². The van der Waals surface area contributed by atoms with Gasteiger partial charge in [-0.1, -0.05) is 0 Å². The van der Waals surface area contributed by atoms with Crippen molar-refractivity contribution in [1.82, 2.24) is 25.3 Å². The molecule has 0 bridgehead atoms. The van der Waals surface area contributed by atoms with E-state index in [-0.39, 0.29) is 18.5 Å². The van der Waals surface area contributed by atoms with Crippen molar-refractivity contribution < 1.29 is 22.8 Å². The predicted molar refractivity (Wildman–Crippen MR) is 96.3 cm³/mol. The zero-order valence-corrected chi connectivity index (χ0v) is 16.3. The van der Waals surface area contributed by atoms with Crippen LogP contribution in [-0.2, 0) is 9.59 Å². The van der Waals surface area contributed by atoms with Gasteiger partial charge in [0.25, 0.3) is 0 Å². The van der Waals surface area contributed by atoms with E-state index in [0.717, 1.165) is 7.05 Å². The fourth-order valence-corrected chi connectivity index (χ4v) is 2.67. The van der Waals surface area contributed by atoms with Crippen molar-refractivity contribution in [2.24, 2.45) is 4.99 Å². The van der Waals surface area contributed by atoms with Crippen molar-refractivity contribution in [1.29, 1.82) is 0 Å². The minimum absolute atomic E-state index is 0.0285. The van der Waals surface area contributed by atoms with Crippen molar-refractivity contribution in [2.75, 3.05) is 59.9 Å². The van der Waals surface area contributed by atoms with Crippen LogP contribution < -0.4 is 10.6 Å². The molecule has 1 aliphatic rings. The van der Waals surface area contributed by atoms with Gasteiger partial charge in [-0.2, -0.15) is 13.2 Å². The summed E-state index contributed by atoms with van der Waals surface area (Å²) in [6.45, 7) is 5.06. The third kappa shape index (κ3) is 8.94. The highest BCUT2D eigenvalue weighted by atomic mass is 19.4. The Morgan fingerprint density at radius 1 is 1.19 bits per heavy atom. The Bertz CT molecular complexity index is 531. The summed E-state index contributed by atoms with van der Waals surface area (Å²) in [5.74, 6) is -0.244. The third-order valence-electron chi connectivity index (χ3n) is 3.94. The van der Waals surface area contributed by atoms with Crippen LogP contribution in [0.25, 0.3) is 0 Å². The largest absolute Gasteiger partial charge is 0.406 e. The van der Waals surface area contributed by atoms with Gasteiger partial charge in [0.15, 0.2) is 5.96 Å². The second-order valence-electron chi connectivity index (χ2n) is 6.75. The van der Waals surface area contributed by atoms with E-state index in [1.807, 2.05) is 23.6 Å². The molecule has 0 unspecified atom stereocenters. The molecule has 2 amide bonds. The summed E-state index contributed by atoms with van der Waals surface area (Å²) >= 11 is 0. The molecule has 0 aromatic carbocycles. The van der Waals surface area contributed by atoms with E-state index in [9.17, 15) is 22.8 Å². The Labute approximate surface area is 157 Å². The molecule has 1 saturated heterocycles. The molecule has 0 aromatic rings. The maximum atomic E-state index is 12.3. The van der Waals surface area contributed by atoms with E-state index in [1.54, 1.807) is 7.05 Å². The summed E-state index contributed by atoms with van der Waals surface area (Å²) in [4.78, 5) is 32.3. The Morgan fingerprint density at radius 3 is 2.26 bits per heavy atom. The summed E-state index contributed by atoms with van der Waals surface area (Å²) in [5, 5.41) is 5.65. The maximum Gasteiger partial charge on any atom is 0.406 e. The predicted octanol–water partition coefficient (Wildman–Crippen LogP) is -0.275. The molecule has 27 heavy (non-hydrogen) atoms. The summed E-state index contributed by atoms with van der Waals surface area (Å²) in [6, 6.07) is 0.0924. The molecule has 1 rings (SSSR count). The molecule has 0 spiro atoms. The van der Waals surface area contributed by atoms with Gasteiger partial charge in [-0.15, -0.1) is 0 Å². The molecule has 0 radical (unpaired) electrons. The van der Waals surface area contributed by atoms with Crippen LogP contribution in [0, 0.1) is 0 Å². The van der Waals surface area contributed by atoms with E-state index in [1.165, 1.54) is 0 Å². The first-order valence-corrected chi connectivity index (χ1v) is 8.80. The van der Waals surface area contributed by atoms with Crippen LogP contribution in [0.1, 0.15) is 13.8 Å². The van der Waals surface area contributed by atoms with Crippen LogP contribution >= 0.6 is 0 Å². The first-order chi connectivity index (χ1) is 12.5. The second kappa shape index (κ2) is 10.3. The molecule has 0 saturated carbocycles. The quantitative estimate of drug-likeness (QED) is 0.479. The van der Waals surface area contributed by atoms with Crippen LogP contribution in [-0.4, -0.2) is 105 Å². The Kier molecular flexibility index (Phi) is 8.80. The molecule has 11 heteroatoms. The lowest BCUT2D eigenvalue weighted by Crippen LogP contribution is -2.55. The van der Waals surface area contributed by atoms with Gasteiger partial charge in [0.05, 0.1) is 13.1 Å². The molecule has 156 valence electrons. The van der Waals surface area contributed by atoms with E-state index < -0.39 is 18.6 Å². The Hall–Kier alpha value is -2.04. The van der Waals surface area contributed by atoms with E-state index in [4.69, 9.17) is 0 Å². The fourth-order valence-electron chi connectivity index (χ4n) is 2.67. The van der Waals surface area contributed by atoms with Gasteiger partial charge in [0.1, 0.15) is 6.54 Å². The van der Waals surface area contributed by atoms with Gasteiger partial charge >= 0.3 is 6.18 Å². The molecular formula is C16H29F3N6O2. The number of carbonyl (C=O) groups excluding carboxylic acids is 2. The molecule has 0 atom stereocenters. The van der Waals surface area contributed by atoms with Crippen molar-refractivity contribution >= 4 is 17.8 Å². The molecule has 0 aliphatic carbocycles. The fraction of sp³-hybridized carbons (Fsp3) is 0.812. The number of likely N-dealkylation sites (N-methyl/N-ethyl adjacent to an activating group) is 1. The first kappa shape index (κ1) is 23.0. The maximum absolute atomic E-state index is 12.3. The Morgan fingerprint density at radius 2 is 1.78 bits per heavy atom. The number of aliphatic imine (C=N–C) groups is 1. The van der Waals surface area contributed by atoms with Crippen molar-refractivity contribution in [3.05, 3.63) is 0 Å². The molecule has 1 fully saturated rings. The lowest BCUT2D eigenvalue weighted by atomic mass is 10.3. The highest BCUT2D eigenvalue weighted by Crippen LogP contribution is 2.15. The number of guanidine groups is 1. The van der Waals surface area contributed by atoms with Crippen LogP contribution in [0.3, 0.4) is 0 Å². The summed E-state index contributed by atoms with van der Waals surface area (Å²) < 4.78 is 37.0. The van der Waals surface area contributed by atoms with Crippen molar-refractivity contribution in [3.63, 3.8) is 0 Å². The van der Waals surface area contributed by atoms with Crippen molar-refractivity contribution in [3.8, 4) is 0 Å². The number of hydrogen-bond donors (Lipinski definition) is 2. The molecule has 1 aliphatic heterocycles. The lowest BCUT2D eigenvalue weighted by Gasteiger charge is -2.36.